The highest BCUT2D eigenvalue weighted by Crippen LogP contribution is 2.14. The average molecular weight is 270 g/mol. The van der Waals surface area contributed by atoms with Crippen LogP contribution in [0.15, 0.2) is 18.2 Å². The maximum atomic E-state index is 13.5. The van der Waals surface area contributed by atoms with E-state index in [0.717, 1.165) is 19.4 Å². The van der Waals surface area contributed by atoms with Gasteiger partial charge in [0.2, 0.25) is 0 Å². The Labute approximate surface area is 113 Å². The number of hydrogen-bond donors (Lipinski definition) is 2. The van der Waals surface area contributed by atoms with Crippen LogP contribution in [0.25, 0.3) is 0 Å². The van der Waals surface area contributed by atoms with E-state index in [1.54, 1.807) is 12.1 Å². The Hall–Kier alpha value is -1.20. The summed E-state index contributed by atoms with van der Waals surface area (Å²) < 4.78 is 18.9. The molecule has 0 amide bonds. The highest BCUT2D eigenvalue weighted by atomic mass is 32.1. The number of nitrogens with one attached hydrogen (secondary N) is 1. The Morgan fingerprint density at radius 1 is 1.44 bits per heavy atom. The summed E-state index contributed by atoms with van der Waals surface area (Å²) in [4.78, 5) is 0.0712. The van der Waals surface area contributed by atoms with Gasteiger partial charge < -0.3 is 15.8 Å². The van der Waals surface area contributed by atoms with Gasteiger partial charge in [-0.1, -0.05) is 25.6 Å². The third-order valence-corrected chi connectivity index (χ3v) is 2.67. The topological polar surface area (TPSA) is 47.3 Å². The maximum absolute atomic E-state index is 13.5. The van der Waals surface area contributed by atoms with Crippen LogP contribution < -0.4 is 11.1 Å². The lowest BCUT2D eigenvalue weighted by Crippen LogP contribution is -2.13. The first-order valence-electron chi connectivity index (χ1n) is 6.06. The van der Waals surface area contributed by atoms with E-state index >= 15 is 0 Å². The first kappa shape index (κ1) is 14.9. The molecule has 18 heavy (non-hydrogen) atoms. The van der Waals surface area contributed by atoms with Crippen LogP contribution in [-0.4, -0.2) is 24.7 Å². The summed E-state index contributed by atoms with van der Waals surface area (Å²) in [5.74, 6) is -0.403. The predicted octanol–water partition coefficient (Wildman–Crippen LogP) is 2.69. The fourth-order valence-corrected chi connectivity index (χ4v) is 1.61. The minimum absolute atomic E-state index is 0.0712. The van der Waals surface area contributed by atoms with E-state index in [0.29, 0.717) is 18.8 Å². The first-order valence-corrected chi connectivity index (χ1v) is 6.47. The van der Waals surface area contributed by atoms with Crippen LogP contribution in [0.2, 0.25) is 0 Å². The molecule has 0 saturated carbocycles. The molecule has 3 nitrogen and oxygen atoms in total. The Morgan fingerprint density at radius 3 is 2.83 bits per heavy atom. The van der Waals surface area contributed by atoms with Crippen LogP contribution in [-0.2, 0) is 4.74 Å². The lowest BCUT2D eigenvalue weighted by atomic mass is 10.2. The van der Waals surface area contributed by atoms with Crippen LogP contribution in [0.3, 0.4) is 0 Å². The SMILES string of the molecule is CCCCOCCNc1ccc(C(N)=S)c(F)c1. The first-order chi connectivity index (χ1) is 8.65. The predicted molar refractivity (Wildman–Crippen MR) is 76.5 cm³/mol. The van der Waals surface area contributed by atoms with Gasteiger partial charge in [0, 0.05) is 24.4 Å². The van der Waals surface area contributed by atoms with Gasteiger partial charge in [0.1, 0.15) is 10.8 Å². The fourth-order valence-electron chi connectivity index (χ4n) is 1.44. The van der Waals surface area contributed by atoms with Crippen molar-refractivity contribution in [2.75, 3.05) is 25.1 Å². The molecule has 1 aromatic carbocycles. The van der Waals surface area contributed by atoms with Gasteiger partial charge >= 0.3 is 0 Å². The van der Waals surface area contributed by atoms with Gasteiger partial charge in [-0.3, -0.25) is 0 Å². The van der Waals surface area contributed by atoms with Gasteiger partial charge in [0.15, 0.2) is 0 Å². The van der Waals surface area contributed by atoms with Crippen molar-refractivity contribution in [3.05, 3.63) is 29.6 Å². The molecule has 0 radical (unpaired) electrons. The van der Waals surface area contributed by atoms with E-state index in [1.807, 2.05) is 0 Å². The van der Waals surface area contributed by atoms with Gasteiger partial charge in [-0.15, -0.1) is 0 Å². The molecule has 0 aromatic heterocycles. The molecule has 0 saturated heterocycles. The zero-order valence-corrected chi connectivity index (χ0v) is 11.4. The molecular weight excluding hydrogens is 251 g/mol. The van der Waals surface area contributed by atoms with Crippen molar-refractivity contribution in [2.24, 2.45) is 5.73 Å². The van der Waals surface area contributed by atoms with E-state index in [2.05, 4.69) is 12.2 Å². The Balaban J connectivity index is 2.35. The molecule has 1 aromatic rings. The van der Waals surface area contributed by atoms with E-state index in [9.17, 15) is 4.39 Å². The summed E-state index contributed by atoms with van der Waals surface area (Å²) >= 11 is 4.74. The van der Waals surface area contributed by atoms with Crippen molar-refractivity contribution in [3.8, 4) is 0 Å². The Morgan fingerprint density at radius 2 is 2.22 bits per heavy atom. The highest BCUT2D eigenvalue weighted by molar-refractivity contribution is 7.80. The van der Waals surface area contributed by atoms with Gasteiger partial charge in [-0.05, 0) is 24.6 Å². The van der Waals surface area contributed by atoms with Crippen molar-refractivity contribution in [3.63, 3.8) is 0 Å². The van der Waals surface area contributed by atoms with E-state index < -0.39 is 5.82 Å². The monoisotopic (exact) mass is 270 g/mol. The van der Waals surface area contributed by atoms with Crippen molar-refractivity contribution in [1.29, 1.82) is 0 Å². The summed E-state index contributed by atoms with van der Waals surface area (Å²) in [6, 6.07) is 4.72. The number of ether oxygens (including phenoxy) is 1. The van der Waals surface area contributed by atoms with Gasteiger partial charge in [0.05, 0.1) is 6.61 Å². The Bertz CT molecular complexity index is 399. The summed E-state index contributed by atoms with van der Waals surface area (Å²) in [6.07, 6.45) is 2.19. The Kier molecular flexibility index (Phi) is 6.60. The number of hydrogen-bond acceptors (Lipinski definition) is 3. The molecule has 0 unspecified atom stereocenters. The molecule has 0 aliphatic heterocycles. The number of unbranched alkanes of at least 4 members (excludes halogenated alkanes) is 1. The van der Waals surface area contributed by atoms with Crippen molar-refractivity contribution in [2.45, 2.75) is 19.8 Å². The van der Waals surface area contributed by atoms with Crippen molar-refractivity contribution in [1.82, 2.24) is 0 Å². The summed E-state index contributed by atoms with van der Waals surface area (Å²) in [7, 11) is 0. The number of anilines is 1. The highest BCUT2D eigenvalue weighted by Gasteiger charge is 2.05. The van der Waals surface area contributed by atoms with E-state index in [4.69, 9.17) is 22.7 Å². The number of nitrogens with two attached hydrogens (primary N) is 1. The largest absolute Gasteiger partial charge is 0.389 e. The second kappa shape index (κ2) is 8.00. The van der Waals surface area contributed by atoms with Crippen LogP contribution in [0, 0.1) is 5.82 Å². The second-order valence-electron chi connectivity index (χ2n) is 3.95. The number of halogens is 1. The number of rotatable bonds is 8. The molecule has 0 spiro atoms. The van der Waals surface area contributed by atoms with Crippen LogP contribution >= 0.6 is 12.2 Å². The lowest BCUT2D eigenvalue weighted by Gasteiger charge is -2.08. The van der Waals surface area contributed by atoms with Gasteiger partial charge in [-0.25, -0.2) is 4.39 Å². The van der Waals surface area contributed by atoms with E-state index in [-0.39, 0.29) is 10.6 Å². The van der Waals surface area contributed by atoms with Crippen molar-refractivity contribution >= 4 is 22.9 Å². The molecule has 0 aliphatic carbocycles. The molecule has 0 atom stereocenters. The zero-order chi connectivity index (χ0) is 13.4. The minimum Gasteiger partial charge on any atom is -0.389 e. The summed E-state index contributed by atoms with van der Waals surface area (Å²) in [5.41, 5.74) is 6.36. The molecule has 3 N–H and O–H groups in total. The summed E-state index contributed by atoms with van der Waals surface area (Å²) in [5, 5.41) is 3.08. The standard InChI is InChI=1S/C13H19FN2OS/c1-2-3-7-17-8-6-16-10-4-5-11(13(15)18)12(14)9-10/h4-5,9,16H,2-3,6-8H2,1H3,(H2,15,18). The second-order valence-corrected chi connectivity index (χ2v) is 4.39. The van der Waals surface area contributed by atoms with Gasteiger partial charge in [0.25, 0.3) is 0 Å². The normalized spacial score (nSPS) is 10.3. The van der Waals surface area contributed by atoms with Gasteiger partial charge in [-0.2, -0.15) is 0 Å². The third kappa shape index (κ3) is 4.98. The zero-order valence-electron chi connectivity index (χ0n) is 10.5. The molecule has 0 bridgehead atoms. The average Bonchev–Trinajstić information content (AvgIpc) is 2.33. The lowest BCUT2D eigenvalue weighted by molar-refractivity contribution is 0.141. The van der Waals surface area contributed by atoms with E-state index in [1.165, 1.54) is 6.07 Å². The quantitative estimate of drug-likeness (QED) is 0.563. The van der Waals surface area contributed by atoms with Crippen LogP contribution in [0.4, 0.5) is 10.1 Å². The molecule has 100 valence electrons. The molecule has 1 rings (SSSR count). The molecule has 5 heteroatoms. The molecule has 0 heterocycles. The fraction of sp³-hybridized carbons (Fsp3) is 0.462. The van der Waals surface area contributed by atoms with Crippen molar-refractivity contribution < 1.29 is 9.13 Å². The minimum atomic E-state index is -0.403. The smallest absolute Gasteiger partial charge is 0.135 e. The molecule has 0 aliphatic rings. The molecular formula is C13H19FN2OS. The maximum Gasteiger partial charge on any atom is 0.135 e. The van der Waals surface area contributed by atoms with Crippen LogP contribution in [0.5, 0.6) is 0 Å². The third-order valence-electron chi connectivity index (χ3n) is 2.45. The summed E-state index contributed by atoms with van der Waals surface area (Å²) in [6.45, 7) is 4.15. The number of benzene rings is 1. The number of thiocarbonyl (C=S) groups is 1. The molecule has 0 fully saturated rings. The van der Waals surface area contributed by atoms with Crippen LogP contribution in [0.1, 0.15) is 25.3 Å².